The second-order valence-corrected chi connectivity index (χ2v) is 18.4. The maximum Gasteiger partial charge on any atom is 0.143 e. The average Bonchev–Trinajstić information content (AvgIpc) is 4.00. The van der Waals surface area contributed by atoms with E-state index in [0.717, 1.165) is 78.1 Å². The summed E-state index contributed by atoms with van der Waals surface area (Å²) >= 11 is 0. The second kappa shape index (κ2) is 16.7. The van der Waals surface area contributed by atoms with E-state index in [1.807, 2.05) is 6.07 Å². The normalized spacial score (nSPS) is 11.7. The van der Waals surface area contributed by atoms with Crippen molar-refractivity contribution in [3.05, 3.63) is 267 Å². The van der Waals surface area contributed by atoms with E-state index in [-0.39, 0.29) is 0 Å². The summed E-state index contributed by atoms with van der Waals surface area (Å²) in [5.41, 5.74) is 17.4. The number of nitrogens with zero attached hydrogens (tertiary/aromatic N) is 2. The van der Waals surface area contributed by atoms with Crippen molar-refractivity contribution in [3.8, 4) is 50.2 Å². The van der Waals surface area contributed by atoms with Crippen molar-refractivity contribution < 1.29 is 4.42 Å². The lowest BCUT2D eigenvalue weighted by Crippen LogP contribution is -2.12. The molecule has 0 aliphatic carbocycles. The first-order valence-electron chi connectivity index (χ1n) is 24.3. The molecule has 14 aromatic rings. The highest BCUT2D eigenvalue weighted by atomic mass is 16.3. The molecule has 0 amide bonds. The van der Waals surface area contributed by atoms with Gasteiger partial charge >= 0.3 is 0 Å². The quantitative estimate of drug-likeness (QED) is 0.142. The van der Waals surface area contributed by atoms with Gasteiger partial charge in [0.2, 0.25) is 0 Å². The molecule has 0 radical (unpaired) electrons. The van der Waals surface area contributed by atoms with Crippen LogP contribution in [0.1, 0.15) is 0 Å². The van der Waals surface area contributed by atoms with Crippen LogP contribution in [-0.2, 0) is 0 Å². The van der Waals surface area contributed by atoms with Crippen molar-refractivity contribution in [1.82, 2.24) is 4.57 Å². The molecule has 0 aliphatic heterocycles. The molecular formula is C68H44N2O. The molecule has 14 rings (SSSR count). The minimum Gasteiger partial charge on any atom is -0.455 e. The van der Waals surface area contributed by atoms with Gasteiger partial charge in [-0.05, 0) is 98.4 Å². The van der Waals surface area contributed by atoms with Gasteiger partial charge < -0.3 is 13.9 Å². The highest BCUT2D eigenvalue weighted by molar-refractivity contribution is 6.13. The Morgan fingerprint density at radius 3 is 1.65 bits per heavy atom. The van der Waals surface area contributed by atoms with Crippen LogP contribution in [0.25, 0.3) is 115 Å². The van der Waals surface area contributed by atoms with E-state index in [2.05, 4.69) is 270 Å². The molecule has 0 spiro atoms. The summed E-state index contributed by atoms with van der Waals surface area (Å²) in [4.78, 5) is 2.44. The minimum atomic E-state index is 0.878. The third-order valence-electron chi connectivity index (χ3n) is 14.4. The molecule has 0 saturated heterocycles. The predicted octanol–water partition coefficient (Wildman–Crippen LogP) is 19.1. The summed E-state index contributed by atoms with van der Waals surface area (Å²) in [6, 6.07) is 96.8. The van der Waals surface area contributed by atoms with Crippen LogP contribution in [0.2, 0.25) is 0 Å². The number of anilines is 3. The van der Waals surface area contributed by atoms with Crippen molar-refractivity contribution in [1.29, 1.82) is 0 Å². The highest BCUT2D eigenvalue weighted by Gasteiger charge is 2.24. The fraction of sp³-hybridized carbons (Fsp3) is 0. The third kappa shape index (κ3) is 6.74. The molecule has 3 heteroatoms. The van der Waals surface area contributed by atoms with Crippen molar-refractivity contribution in [2.75, 3.05) is 4.90 Å². The van der Waals surface area contributed by atoms with E-state index in [4.69, 9.17) is 4.42 Å². The second-order valence-electron chi connectivity index (χ2n) is 18.4. The smallest absolute Gasteiger partial charge is 0.143 e. The van der Waals surface area contributed by atoms with Gasteiger partial charge in [0.1, 0.15) is 11.2 Å². The molecule has 2 aromatic heterocycles. The Kier molecular flexibility index (Phi) is 9.53. The predicted molar refractivity (Wildman–Crippen MR) is 299 cm³/mol. The molecule has 0 unspecified atom stereocenters. The van der Waals surface area contributed by atoms with Crippen molar-refractivity contribution >= 4 is 82.4 Å². The SMILES string of the molecule is c1ccc(-c2ccc(-c3ccc(N(c4ccccc4-c4ccc5c(ccc6ccccc65)c4)c4ccccc4-c4cccc5c4oc4ccccc45)cc3)c(-n3c4ccccc4c4ccccc43)c2)cc1. The number of fused-ring (bicyclic) bond motifs is 9. The maximum atomic E-state index is 6.72. The van der Waals surface area contributed by atoms with Gasteiger partial charge in [0, 0.05) is 49.5 Å². The Hall–Kier alpha value is -9.44. The van der Waals surface area contributed by atoms with Gasteiger partial charge in [0.25, 0.3) is 0 Å². The summed E-state index contributed by atoms with van der Waals surface area (Å²) in [6.45, 7) is 0. The van der Waals surface area contributed by atoms with Gasteiger partial charge in [-0.15, -0.1) is 0 Å². The van der Waals surface area contributed by atoms with Gasteiger partial charge in [-0.1, -0.05) is 212 Å². The number of hydrogen-bond acceptors (Lipinski definition) is 2. The van der Waals surface area contributed by atoms with E-state index in [1.54, 1.807) is 0 Å². The van der Waals surface area contributed by atoms with E-state index < -0.39 is 0 Å². The van der Waals surface area contributed by atoms with E-state index in [1.165, 1.54) is 54.5 Å². The van der Waals surface area contributed by atoms with Crippen LogP contribution in [0.3, 0.4) is 0 Å². The zero-order valence-electron chi connectivity index (χ0n) is 38.7. The van der Waals surface area contributed by atoms with Crippen LogP contribution in [0, 0.1) is 0 Å². The first-order chi connectivity index (χ1) is 35.2. The van der Waals surface area contributed by atoms with Crippen LogP contribution in [0.4, 0.5) is 17.1 Å². The molecule has 0 bridgehead atoms. The van der Waals surface area contributed by atoms with Crippen LogP contribution in [-0.4, -0.2) is 4.57 Å². The summed E-state index contributed by atoms with van der Waals surface area (Å²) < 4.78 is 9.17. The molecule has 0 atom stereocenters. The van der Waals surface area contributed by atoms with E-state index in [0.29, 0.717) is 0 Å². The van der Waals surface area contributed by atoms with Crippen LogP contribution in [0.5, 0.6) is 0 Å². The lowest BCUT2D eigenvalue weighted by Gasteiger charge is -2.30. The first-order valence-corrected chi connectivity index (χ1v) is 24.3. The Morgan fingerprint density at radius 1 is 0.296 bits per heavy atom. The Bertz CT molecular complexity index is 4300. The number of furan rings is 1. The lowest BCUT2D eigenvalue weighted by molar-refractivity contribution is 0.670. The maximum absolute atomic E-state index is 6.72. The van der Waals surface area contributed by atoms with Crippen molar-refractivity contribution in [2.45, 2.75) is 0 Å². The van der Waals surface area contributed by atoms with Crippen molar-refractivity contribution in [2.24, 2.45) is 0 Å². The van der Waals surface area contributed by atoms with E-state index >= 15 is 0 Å². The van der Waals surface area contributed by atoms with Crippen LogP contribution >= 0.6 is 0 Å². The monoisotopic (exact) mass is 904 g/mol. The Balaban J connectivity index is 0.974. The molecule has 0 fully saturated rings. The standard InChI is InChI=1S/C68H44N2O/c1-2-17-45(18-3-1)48-37-42-55(66(44-48)70-64-30-13-7-22-56(64)57-23-8-14-31-65(57)70)47-35-39-51(40-36-47)69(63-29-12-9-24-58(63)60-26-16-27-61-59-25-10-15-32-67(59)71-68(60)61)62-28-11-6-21-54(62)50-38-41-53-49(43-50)34-33-46-19-4-5-20-52(46)53/h1-44H. The average molecular weight is 905 g/mol. The van der Waals surface area contributed by atoms with Gasteiger partial charge in [0.15, 0.2) is 0 Å². The van der Waals surface area contributed by atoms with Gasteiger partial charge in [-0.3, -0.25) is 0 Å². The topological polar surface area (TPSA) is 21.3 Å². The molecule has 2 heterocycles. The minimum absolute atomic E-state index is 0.878. The lowest BCUT2D eigenvalue weighted by atomic mass is 9.95. The molecule has 12 aromatic carbocycles. The summed E-state index contributed by atoms with van der Waals surface area (Å²) in [6.07, 6.45) is 0. The van der Waals surface area contributed by atoms with Gasteiger partial charge in [-0.25, -0.2) is 0 Å². The number of para-hydroxylation sites is 6. The summed E-state index contributed by atoms with van der Waals surface area (Å²) in [7, 11) is 0. The molecule has 332 valence electrons. The Morgan fingerprint density at radius 2 is 0.859 bits per heavy atom. The van der Waals surface area contributed by atoms with Crippen LogP contribution in [0.15, 0.2) is 271 Å². The molecule has 0 saturated carbocycles. The third-order valence-corrected chi connectivity index (χ3v) is 14.4. The van der Waals surface area contributed by atoms with Crippen LogP contribution < -0.4 is 4.90 Å². The zero-order chi connectivity index (χ0) is 46.8. The highest BCUT2D eigenvalue weighted by Crippen LogP contribution is 2.48. The molecule has 71 heavy (non-hydrogen) atoms. The molecular weight excluding hydrogens is 861 g/mol. The van der Waals surface area contributed by atoms with E-state index in [9.17, 15) is 0 Å². The number of hydrogen-bond donors (Lipinski definition) is 0. The largest absolute Gasteiger partial charge is 0.455 e. The molecule has 0 aliphatic rings. The first kappa shape index (κ1) is 40.6. The van der Waals surface area contributed by atoms with Gasteiger partial charge in [-0.2, -0.15) is 0 Å². The number of benzene rings is 12. The Labute approximate surface area is 411 Å². The van der Waals surface area contributed by atoms with Gasteiger partial charge in [0.05, 0.1) is 28.1 Å². The zero-order valence-corrected chi connectivity index (χ0v) is 38.7. The molecule has 3 nitrogen and oxygen atoms in total. The number of aromatic nitrogens is 1. The number of rotatable bonds is 8. The van der Waals surface area contributed by atoms with Crippen molar-refractivity contribution in [3.63, 3.8) is 0 Å². The summed E-state index contributed by atoms with van der Waals surface area (Å²) in [5.74, 6) is 0. The fourth-order valence-corrected chi connectivity index (χ4v) is 11.1. The summed E-state index contributed by atoms with van der Waals surface area (Å²) in [5, 5.41) is 9.65. The molecule has 0 N–H and O–H groups in total. The fourth-order valence-electron chi connectivity index (χ4n) is 11.1.